The largest absolute Gasteiger partial charge is 0.299 e. The van der Waals surface area contributed by atoms with Crippen LogP contribution in [0.1, 0.15) is 40.0 Å². The summed E-state index contributed by atoms with van der Waals surface area (Å²) in [5.41, 5.74) is 7.85. The van der Waals surface area contributed by atoms with Crippen molar-refractivity contribution in [3.8, 4) is 0 Å². The predicted octanol–water partition coefficient (Wildman–Crippen LogP) is 3.08. The van der Waals surface area contributed by atoms with Crippen LogP contribution in [0, 0.1) is 11.8 Å². The molecular weight excluding hydrogens is 178 g/mol. The van der Waals surface area contributed by atoms with Gasteiger partial charge in [0, 0.05) is 17.3 Å². The van der Waals surface area contributed by atoms with Crippen LogP contribution in [-0.2, 0) is 4.79 Å². The maximum atomic E-state index is 11.7. The normalized spacial score (nSPS) is 28.4. The number of carbonyl (C=O) groups is 1. The second-order valence-corrected chi connectivity index (χ2v) is 4.75. The minimum absolute atomic E-state index is 0.0883. The summed E-state index contributed by atoms with van der Waals surface area (Å²) in [6, 6.07) is 0. The molecule has 0 aromatic heterocycles. The first-order valence-electron chi connectivity index (χ1n) is 5.06. The maximum Gasteiger partial charge on any atom is 0.136 e. The molecule has 2 atom stereocenters. The SMILES string of the molecule is CC1CCC(C(C)(C)N=[N+]=[N-])C(=O)C1. The highest BCUT2D eigenvalue weighted by atomic mass is 16.1. The van der Waals surface area contributed by atoms with Gasteiger partial charge in [-0.2, -0.15) is 0 Å². The van der Waals surface area contributed by atoms with Crippen LogP contribution in [0.3, 0.4) is 0 Å². The second-order valence-electron chi connectivity index (χ2n) is 4.75. The number of Topliss-reactive ketones (excluding diaryl/α,β-unsaturated/α-hetero) is 1. The average Bonchev–Trinajstić information content (AvgIpc) is 2.02. The van der Waals surface area contributed by atoms with E-state index in [1.807, 2.05) is 13.8 Å². The van der Waals surface area contributed by atoms with Crippen molar-refractivity contribution in [1.29, 1.82) is 0 Å². The zero-order valence-electron chi connectivity index (χ0n) is 9.03. The van der Waals surface area contributed by atoms with Crippen molar-refractivity contribution in [2.24, 2.45) is 17.0 Å². The number of azide groups is 1. The van der Waals surface area contributed by atoms with Gasteiger partial charge in [-0.15, -0.1) is 0 Å². The number of ketones is 1. The third-order valence-electron chi connectivity index (χ3n) is 3.04. The van der Waals surface area contributed by atoms with Crippen LogP contribution in [0.15, 0.2) is 5.11 Å². The van der Waals surface area contributed by atoms with E-state index >= 15 is 0 Å². The maximum absolute atomic E-state index is 11.7. The van der Waals surface area contributed by atoms with E-state index in [1.54, 1.807) is 0 Å². The van der Waals surface area contributed by atoms with Gasteiger partial charge in [0.1, 0.15) is 5.78 Å². The van der Waals surface area contributed by atoms with Crippen molar-refractivity contribution < 1.29 is 4.79 Å². The summed E-state index contributed by atoms with van der Waals surface area (Å²) in [4.78, 5) is 14.6. The molecule has 0 aromatic rings. The predicted molar refractivity (Wildman–Crippen MR) is 54.7 cm³/mol. The van der Waals surface area contributed by atoms with Gasteiger partial charge in [-0.1, -0.05) is 25.9 Å². The molecule has 0 saturated heterocycles. The lowest BCUT2D eigenvalue weighted by Crippen LogP contribution is -2.38. The van der Waals surface area contributed by atoms with E-state index in [1.165, 1.54) is 0 Å². The van der Waals surface area contributed by atoms with Crippen LogP contribution < -0.4 is 0 Å². The van der Waals surface area contributed by atoms with Gasteiger partial charge in [-0.25, -0.2) is 0 Å². The molecule has 1 rings (SSSR count). The van der Waals surface area contributed by atoms with Crippen LogP contribution in [0.2, 0.25) is 0 Å². The highest BCUT2D eigenvalue weighted by Crippen LogP contribution is 2.34. The highest BCUT2D eigenvalue weighted by molar-refractivity contribution is 5.83. The smallest absolute Gasteiger partial charge is 0.136 e. The Morgan fingerprint density at radius 3 is 2.64 bits per heavy atom. The van der Waals surface area contributed by atoms with Gasteiger partial charge in [0.15, 0.2) is 0 Å². The van der Waals surface area contributed by atoms with Crippen molar-refractivity contribution >= 4 is 5.78 Å². The summed E-state index contributed by atoms with van der Waals surface area (Å²) in [5, 5.41) is 3.72. The fourth-order valence-electron chi connectivity index (χ4n) is 2.13. The Balaban J connectivity index is 2.78. The van der Waals surface area contributed by atoms with Gasteiger partial charge in [-0.05, 0) is 24.3 Å². The van der Waals surface area contributed by atoms with Gasteiger partial charge in [-0.3, -0.25) is 4.79 Å². The standard InChI is InChI=1S/C10H17N3O/c1-7-4-5-8(9(14)6-7)10(2,3)12-13-11/h7-8H,4-6H2,1-3H3. The molecule has 4 nitrogen and oxygen atoms in total. The Bertz CT molecular complexity index is 279. The molecule has 1 saturated carbocycles. The van der Waals surface area contributed by atoms with Crippen molar-refractivity contribution in [2.75, 3.05) is 0 Å². The molecule has 1 aliphatic rings. The number of carbonyl (C=O) groups excluding carboxylic acids is 1. The Labute approximate surface area is 84.3 Å². The van der Waals surface area contributed by atoms with Gasteiger partial charge in [0.25, 0.3) is 0 Å². The molecule has 1 aliphatic carbocycles. The van der Waals surface area contributed by atoms with Crippen molar-refractivity contribution in [3.05, 3.63) is 10.4 Å². The first-order chi connectivity index (χ1) is 6.47. The first kappa shape index (κ1) is 11.1. The first-order valence-corrected chi connectivity index (χ1v) is 5.06. The monoisotopic (exact) mass is 195 g/mol. The molecule has 0 amide bonds. The number of hydrogen-bond donors (Lipinski definition) is 0. The molecule has 1 fully saturated rings. The van der Waals surface area contributed by atoms with Gasteiger partial charge < -0.3 is 0 Å². The van der Waals surface area contributed by atoms with E-state index in [2.05, 4.69) is 16.9 Å². The number of nitrogens with zero attached hydrogens (tertiary/aromatic N) is 3. The summed E-state index contributed by atoms with van der Waals surface area (Å²) in [5.74, 6) is 0.649. The molecular formula is C10H17N3O. The average molecular weight is 195 g/mol. The summed E-state index contributed by atoms with van der Waals surface area (Å²) in [6.07, 6.45) is 2.54. The Hall–Kier alpha value is -1.02. The highest BCUT2D eigenvalue weighted by Gasteiger charge is 2.37. The third kappa shape index (κ3) is 2.26. The van der Waals surface area contributed by atoms with Gasteiger partial charge in [0.05, 0.1) is 5.54 Å². The van der Waals surface area contributed by atoms with Crippen LogP contribution >= 0.6 is 0 Å². The molecule has 0 heterocycles. The minimum Gasteiger partial charge on any atom is -0.299 e. The second kappa shape index (κ2) is 4.01. The van der Waals surface area contributed by atoms with E-state index < -0.39 is 5.54 Å². The Kier molecular flexibility index (Phi) is 3.17. The fraction of sp³-hybridized carbons (Fsp3) is 0.900. The van der Waals surface area contributed by atoms with Crippen molar-refractivity contribution in [3.63, 3.8) is 0 Å². The van der Waals surface area contributed by atoms with E-state index in [0.29, 0.717) is 12.3 Å². The molecule has 2 unspecified atom stereocenters. The quantitative estimate of drug-likeness (QED) is 0.379. The van der Waals surface area contributed by atoms with Crippen LogP contribution in [0.4, 0.5) is 0 Å². The molecule has 0 bridgehead atoms. The van der Waals surface area contributed by atoms with Crippen molar-refractivity contribution in [2.45, 2.75) is 45.6 Å². The number of hydrogen-bond acceptors (Lipinski definition) is 2. The summed E-state index contributed by atoms with van der Waals surface area (Å²) < 4.78 is 0. The Morgan fingerprint density at radius 2 is 2.14 bits per heavy atom. The van der Waals surface area contributed by atoms with Gasteiger partial charge in [0.2, 0.25) is 0 Å². The zero-order chi connectivity index (χ0) is 10.8. The molecule has 0 spiro atoms. The summed E-state index contributed by atoms with van der Waals surface area (Å²) >= 11 is 0. The van der Waals surface area contributed by atoms with Crippen molar-refractivity contribution in [1.82, 2.24) is 0 Å². The summed E-state index contributed by atoms with van der Waals surface area (Å²) in [6.45, 7) is 5.77. The molecule has 0 radical (unpaired) electrons. The van der Waals surface area contributed by atoms with Crippen LogP contribution in [0.5, 0.6) is 0 Å². The van der Waals surface area contributed by atoms with Crippen LogP contribution in [-0.4, -0.2) is 11.3 Å². The lowest BCUT2D eigenvalue weighted by atomic mass is 9.73. The molecule has 78 valence electrons. The lowest BCUT2D eigenvalue weighted by Gasteiger charge is -2.33. The molecule has 0 aliphatic heterocycles. The molecule has 0 N–H and O–H groups in total. The fourth-order valence-corrected chi connectivity index (χ4v) is 2.13. The Morgan fingerprint density at radius 1 is 1.50 bits per heavy atom. The molecule has 14 heavy (non-hydrogen) atoms. The minimum atomic E-state index is -0.564. The number of rotatable bonds is 2. The van der Waals surface area contributed by atoms with E-state index in [9.17, 15) is 4.79 Å². The lowest BCUT2D eigenvalue weighted by molar-refractivity contribution is -0.127. The van der Waals surface area contributed by atoms with E-state index in [-0.39, 0.29) is 11.7 Å². The zero-order valence-corrected chi connectivity index (χ0v) is 9.03. The van der Waals surface area contributed by atoms with Crippen LogP contribution in [0.25, 0.3) is 10.4 Å². The topological polar surface area (TPSA) is 65.8 Å². The third-order valence-corrected chi connectivity index (χ3v) is 3.04. The van der Waals surface area contributed by atoms with Gasteiger partial charge >= 0.3 is 0 Å². The molecule has 4 heteroatoms. The van der Waals surface area contributed by atoms with E-state index in [0.717, 1.165) is 12.8 Å². The summed E-state index contributed by atoms with van der Waals surface area (Å²) in [7, 11) is 0. The van der Waals surface area contributed by atoms with E-state index in [4.69, 9.17) is 5.53 Å². The molecule has 0 aromatic carbocycles.